The molecule has 2 atom stereocenters. The Hall–Kier alpha value is -1.03. The molecule has 1 rings (SSSR count). The van der Waals surface area contributed by atoms with E-state index in [0.717, 1.165) is 6.07 Å². The van der Waals surface area contributed by atoms with Crippen LogP contribution < -0.4 is 5.32 Å². The van der Waals surface area contributed by atoms with Crippen LogP contribution in [0.3, 0.4) is 0 Å². The molecule has 1 aromatic rings. The second-order valence-electron chi connectivity index (χ2n) is 6.10. The van der Waals surface area contributed by atoms with Gasteiger partial charge in [0, 0.05) is 12.1 Å². The van der Waals surface area contributed by atoms with Gasteiger partial charge in [0.25, 0.3) is 0 Å². The van der Waals surface area contributed by atoms with Crippen LogP contribution in [0.4, 0.5) is 13.2 Å². The molecule has 0 aliphatic rings. The summed E-state index contributed by atoms with van der Waals surface area (Å²) in [6.07, 6.45) is -4.29. The van der Waals surface area contributed by atoms with E-state index in [2.05, 4.69) is 26.1 Å². The number of rotatable bonds is 3. The van der Waals surface area contributed by atoms with E-state index in [0.29, 0.717) is 5.56 Å². The molecule has 0 aliphatic heterocycles. The summed E-state index contributed by atoms with van der Waals surface area (Å²) < 4.78 is 38.0. The zero-order chi connectivity index (χ0) is 14.8. The third-order valence-corrected chi connectivity index (χ3v) is 3.51. The lowest BCUT2D eigenvalue weighted by Gasteiger charge is -2.31. The summed E-state index contributed by atoms with van der Waals surface area (Å²) in [4.78, 5) is 0. The maximum atomic E-state index is 12.7. The van der Waals surface area contributed by atoms with Gasteiger partial charge < -0.3 is 5.32 Å². The van der Waals surface area contributed by atoms with Crippen molar-refractivity contribution < 1.29 is 13.2 Å². The third kappa shape index (κ3) is 4.53. The van der Waals surface area contributed by atoms with Gasteiger partial charge in [-0.1, -0.05) is 32.9 Å². The molecular weight excluding hydrogens is 251 g/mol. The minimum Gasteiger partial charge on any atom is -0.307 e. The molecule has 0 saturated heterocycles. The summed E-state index contributed by atoms with van der Waals surface area (Å²) in [7, 11) is 0. The first-order chi connectivity index (χ1) is 8.51. The summed E-state index contributed by atoms with van der Waals surface area (Å²) >= 11 is 0. The summed E-state index contributed by atoms with van der Waals surface area (Å²) in [5.41, 5.74) is 0.128. The molecular formula is C15H22F3N. The normalized spacial score (nSPS) is 16.2. The molecule has 1 N–H and O–H groups in total. The van der Waals surface area contributed by atoms with Crippen molar-refractivity contribution >= 4 is 0 Å². The highest BCUT2D eigenvalue weighted by Gasteiger charge is 2.31. The van der Waals surface area contributed by atoms with E-state index in [4.69, 9.17) is 0 Å². The zero-order valence-electron chi connectivity index (χ0n) is 12.1. The molecule has 108 valence electrons. The first-order valence-corrected chi connectivity index (χ1v) is 6.45. The second kappa shape index (κ2) is 5.53. The lowest BCUT2D eigenvalue weighted by atomic mass is 9.87. The first-order valence-electron chi connectivity index (χ1n) is 6.45. The van der Waals surface area contributed by atoms with Crippen molar-refractivity contribution in [1.29, 1.82) is 0 Å². The number of benzene rings is 1. The van der Waals surface area contributed by atoms with E-state index >= 15 is 0 Å². The van der Waals surface area contributed by atoms with Crippen LogP contribution in [0.1, 0.15) is 51.8 Å². The summed E-state index contributed by atoms with van der Waals surface area (Å²) in [6, 6.07) is 5.59. The first kappa shape index (κ1) is 16.0. The molecule has 1 aromatic carbocycles. The smallest absolute Gasteiger partial charge is 0.307 e. The summed E-state index contributed by atoms with van der Waals surface area (Å²) in [5, 5.41) is 3.35. The molecule has 19 heavy (non-hydrogen) atoms. The van der Waals surface area contributed by atoms with E-state index in [1.54, 1.807) is 6.07 Å². The lowest BCUT2D eigenvalue weighted by Crippen LogP contribution is -2.39. The van der Waals surface area contributed by atoms with E-state index in [1.807, 2.05) is 13.8 Å². The Morgan fingerprint density at radius 3 is 2.11 bits per heavy atom. The largest absolute Gasteiger partial charge is 0.416 e. The van der Waals surface area contributed by atoms with Crippen LogP contribution in [-0.2, 0) is 6.18 Å². The number of nitrogens with one attached hydrogen (secondary N) is 1. The Labute approximate surface area is 113 Å². The molecule has 0 bridgehead atoms. The van der Waals surface area contributed by atoms with E-state index in [9.17, 15) is 13.2 Å². The van der Waals surface area contributed by atoms with Crippen molar-refractivity contribution in [3.05, 3.63) is 35.4 Å². The molecule has 0 heterocycles. The Kier molecular flexibility index (Phi) is 4.67. The summed E-state index contributed by atoms with van der Waals surface area (Å²) in [5.74, 6) is 0. The number of hydrogen-bond donors (Lipinski definition) is 1. The third-order valence-electron chi connectivity index (χ3n) is 3.51. The van der Waals surface area contributed by atoms with Gasteiger partial charge >= 0.3 is 6.18 Å². The minimum atomic E-state index is -4.29. The highest BCUT2D eigenvalue weighted by atomic mass is 19.4. The molecule has 0 fully saturated rings. The van der Waals surface area contributed by atoms with Gasteiger partial charge in [0.1, 0.15) is 0 Å². The van der Waals surface area contributed by atoms with Crippen LogP contribution in [0.15, 0.2) is 24.3 Å². The van der Waals surface area contributed by atoms with Gasteiger partial charge in [-0.3, -0.25) is 0 Å². The zero-order valence-corrected chi connectivity index (χ0v) is 12.1. The monoisotopic (exact) mass is 273 g/mol. The van der Waals surface area contributed by atoms with Crippen LogP contribution in [0.2, 0.25) is 0 Å². The molecule has 2 unspecified atom stereocenters. The Bertz CT molecular complexity index is 418. The highest BCUT2D eigenvalue weighted by molar-refractivity contribution is 5.27. The van der Waals surface area contributed by atoms with Crippen molar-refractivity contribution in [3.8, 4) is 0 Å². The molecule has 0 radical (unpaired) electrons. The van der Waals surface area contributed by atoms with Crippen LogP contribution >= 0.6 is 0 Å². The number of hydrogen-bond acceptors (Lipinski definition) is 1. The van der Waals surface area contributed by atoms with Gasteiger partial charge in [-0.05, 0) is 37.0 Å². The molecule has 0 saturated carbocycles. The second-order valence-corrected chi connectivity index (χ2v) is 6.10. The molecule has 0 aliphatic carbocycles. The Morgan fingerprint density at radius 1 is 1.05 bits per heavy atom. The van der Waals surface area contributed by atoms with Crippen LogP contribution in [0.5, 0.6) is 0 Å². The summed E-state index contributed by atoms with van der Waals surface area (Å²) in [6.45, 7) is 10.2. The van der Waals surface area contributed by atoms with Crippen molar-refractivity contribution in [2.45, 2.75) is 52.9 Å². The van der Waals surface area contributed by atoms with Gasteiger partial charge in [0.05, 0.1) is 5.56 Å². The topological polar surface area (TPSA) is 12.0 Å². The van der Waals surface area contributed by atoms with Crippen molar-refractivity contribution in [1.82, 2.24) is 5.32 Å². The Morgan fingerprint density at radius 2 is 1.63 bits per heavy atom. The maximum absolute atomic E-state index is 12.7. The van der Waals surface area contributed by atoms with Crippen LogP contribution in [0, 0.1) is 5.41 Å². The lowest BCUT2D eigenvalue weighted by molar-refractivity contribution is -0.137. The predicted octanol–water partition coefficient (Wildman–Crippen LogP) is 4.79. The van der Waals surface area contributed by atoms with Crippen molar-refractivity contribution in [2.75, 3.05) is 0 Å². The fourth-order valence-electron chi connectivity index (χ4n) is 1.71. The van der Waals surface area contributed by atoms with Crippen molar-refractivity contribution in [2.24, 2.45) is 5.41 Å². The van der Waals surface area contributed by atoms with Gasteiger partial charge in [-0.25, -0.2) is 0 Å². The maximum Gasteiger partial charge on any atom is 0.416 e. The Balaban J connectivity index is 2.86. The van der Waals surface area contributed by atoms with Crippen LogP contribution in [0.25, 0.3) is 0 Å². The average Bonchev–Trinajstić information content (AvgIpc) is 2.26. The van der Waals surface area contributed by atoms with E-state index < -0.39 is 11.7 Å². The molecule has 0 aromatic heterocycles. The molecule has 4 heteroatoms. The van der Waals surface area contributed by atoms with Gasteiger partial charge in [-0.2, -0.15) is 13.2 Å². The highest BCUT2D eigenvalue weighted by Crippen LogP contribution is 2.31. The quantitative estimate of drug-likeness (QED) is 0.834. The van der Waals surface area contributed by atoms with Crippen LogP contribution in [-0.4, -0.2) is 6.04 Å². The average molecular weight is 273 g/mol. The van der Waals surface area contributed by atoms with E-state index in [1.165, 1.54) is 12.1 Å². The van der Waals surface area contributed by atoms with Gasteiger partial charge in [-0.15, -0.1) is 0 Å². The van der Waals surface area contributed by atoms with Gasteiger partial charge in [0.15, 0.2) is 0 Å². The standard InChI is InChI=1S/C15H22F3N/c1-10(19-11(2)14(3,4)5)12-7-6-8-13(9-12)15(16,17)18/h6-11,19H,1-5H3. The molecule has 1 nitrogen and oxygen atoms in total. The van der Waals surface area contributed by atoms with Gasteiger partial charge in [0.2, 0.25) is 0 Å². The fourth-order valence-corrected chi connectivity index (χ4v) is 1.71. The fraction of sp³-hybridized carbons (Fsp3) is 0.600. The van der Waals surface area contributed by atoms with E-state index in [-0.39, 0.29) is 17.5 Å². The minimum absolute atomic E-state index is 0.0654. The number of halogens is 3. The number of alkyl halides is 3. The van der Waals surface area contributed by atoms with Crippen molar-refractivity contribution in [3.63, 3.8) is 0 Å². The molecule has 0 amide bonds. The SMILES string of the molecule is CC(NC(C)C(C)(C)C)c1cccc(C(F)(F)F)c1. The predicted molar refractivity (Wildman–Crippen MR) is 71.9 cm³/mol. The molecule has 0 spiro atoms.